The lowest BCUT2D eigenvalue weighted by molar-refractivity contribution is 0.579. The van der Waals surface area contributed by atoms with Crippen LogP contribution >= 0.6 is 0 Å². The molecule has 1 rings (SSSR count). The SMILES string of the molecule is CNCCNS(=O)(=O)c1cc(C)ccc1C. The number of hydrogen-bond acceptors (Lipinski definition) is 3. The molecular formula is C11H18N2O2S. The van der Waals surface area contributed by atoms with E-state index in [-0.39, 0.29) is 0 Å². The third-order valence-electron chi connectivity index (χ3n) is 2.30. The first-order valence-corrected chi connectivity index (χ1v) is 6.67. The van der Waals surface area contributed by atoms with Gasteiger partial charge in [0.15, 0.2) is 0 Å². The zero-order valence-corrected chi connectivity index (χ0v) is 10.7. The largest absolute Gasteiger partial charge is 0.318 e. The van der Waals surface area contributed by atoms with Gasteiger partial charge < -0.3 is 5.32 Å². The third-order valence-corrected chi connectivity index (χ3v) is 3.90. The lowest BCUT2D eigenvalue weighted by Gasteiger charge is -2.09. The Balaban J connectivity index is 2.93. The minimum Gasteiger partial charge on any atom is -0.318 e. The molecule has 90 valence electrons. The monoisotopic (exact) mass is 242 g/mol. The Morgan fingerprint density at radius 1 is 1.19 bits per heavy atom. The summed E-state index contributed by atoms with van der Waals surface area (Å²) in [5.74, 6) is 0. The van der Waals surface area contributed by atoms with Crippen molar-refractivity contribution in [2.75, 3.05) is 20.1 Å². The van der Waals surface area contributed by atoms with Gasteiger partial charge in [-0.15, -0.1) is 0 Å². The van der Waals surface area contributed by atoms with Crippen molar-refractivity contribution < 1.29 is 8.42 Å². The van der Waals surface area contributed by atoms with Crippen LogP contribution in [0.1, 0.15) is 11.1 Å². The van der Waals surface area contributed by atoms with E-state index in [1.807, 2.05) is 19.1 Å². The number of likely N-dealkylation sites (N-methyl/N-ethyl adjacent to an activating group) is 1. The van der Waals surface area contributed by atoms with Gasteiger partial charge in [-0.25, -0.2) is 13.1 Å². The van der Waals surface area contributed by atoms with Gasteiger partial charge in [0.2, 0.25) is 10.0 Å². The first-order chi connectivity index (χ1) is 7.47. The Kier molecular flexibility index (Phi) is 4.46. The minimum atomic E-state index is -3.38. The summed E-state index contributed by atoms with van der Waals surface area (Å²) in [7, 11) is -1.59. The molecule has 0 amide bonds. The van der Waals surface area contributed by atoms with E-state index in [4.69, 9.17) is 0 Å². The highest BCUT2D eigenvalue weighted by molar-refractivity contribution is 7.89. The average molecular weight is 242 g/mol. The second kappa shape index (κ2) is 5.43. The predicted molar refractivity (Wildman–Crippen MR) is 65.0 cm³/mol. The van der Waals surface area contributed by atoms with E-state index in [9.17, 15) is 8.42 Å². The number of aryl methyl sites for hydroxylation is 2. The van der Waals surface area contributed by atoms with Gasteiger partial charge in [0.05, 0.1) is 4.90 Å². The van der Waals surface area contributed by atoms with Crippen LogP contribution in [0, 0.1) is 13.8 Å². The van der Waals surface area contributed by atoms with Crippen LogP contribution in [0.25, 0.3) is 0 Å². The molecule has 0 atom stereocenters. The summed E-state index contributed by atoms with van der Waals surface area (Å²) in [6.07, 6.45) is 0. The maximum atomic E-state index is 11.9. The number of hydrogen-bond donors (Lipinski definition) is 2. The molecule has 0 fully saturated rings. The average Bonchev–Trinajstić information content (AvgIpc) is 2.22. The van der Waals surface area contributed by atoms with E-state index >= 15 is 0 Å². The number of benzene rings is 1. The standard InChI is InChI=1S/C11H18N2O2S/c1-9-4-5-10(2)11(8-9)16(14,15)13-7-6-12-3/h4-5,8,12-13H,6-7H2,1-3H3. The van der Waals surface area contributed by atoms with Crippen molar-refractivity contribution in [2.24, 2.45) is 0 Å². The van der Waals surface area contributed by atoms with E-state index in [1.54, 1.807) is 20.0 Å². The van der Waals surface area contributed by atoms with E-state index in [1.165, 1.54) is 0 Å². The Bertz CT molecular complexity index is 455. The molecule has 0 unspecified atom stereocenters. The van der Waals surface area contributed by atoms with Crippen molar-refractivity contribution in [3.05, 3.63) is 29.3 Å². The lowest BCUT2D eigenvalue weighted by atomic mass is 10.2. The molecule has 1 aromatic carbocycles. The maximum Gasteiger partial charge on any atom is 0.240 e. The van der Waals surface area contributed by atoms with Gasteiger partial charge >= 0.3 is 0 Å². The highest BCUT2D eigenvalue weighted by Gasteiger charge is 2.15. The normalized spacial score (nSPS) is 11.7. The fraction of sp³-hybridized carbons (Fsp3) is 0.455. The highest BCUT2D eigenvalue weighted by Crippen LogP contribution is 2.16. The van der Waals surface area contributed by atoms with E-state index in [0.29, 0.717) is 18.0 Å². The zero-order chi connectivity index (χ0) is 12.2. The molecule has 0 aliphatic rings. The van der Waals surface area contributed by atoms with Crippen LogP contribution in [0.2, 0.25) is 0 Å². The number of nitrogens with one attached hydrogen (secondary N) is 2. The second-order valence-corrected chi connectivity index (χ2v) is 5.51. The molecular weight excluding hydrogens is 224 g/mol. The van der Waals surface area contributed by atoms with E-state index in [0.717, 1.165) is 11.1 Å². The van der Waals surface area contributed by atoms with Crippen LogP contribution in [0.15, 0.2) is 23.1 Å². The molecule has 0 aromatic heterocycles. The Morgan fingerprint density at radius 2 is 1.88 bits per heavy atom. The molecule has 0 radical (unpaired) electrons. The molecule has 0 aliphatic heterocycles. The topological polar surface area (TPSA) is 58.2 Å². The van der Waals surface area contributed by atoms with Crippen LogP contribution in [0.4, 0.5) is 0 Å². The van der Waals surface area contributed by atoms with Gasteiger partial charge in [-0.05, 0) is 38.1 Å². The molecule has 5 heteroatoms. The van der Waals surface area contributed by atoms with Crippen molar-refractivity contribution in [1.29, 1.82) is 0 Å². The Hall–Kier alpha value is -0.910. The fourth-order valence-electron chi connectivity index (χ4n) is 1.38. The maximum absolute atomic E-state index is 11.9. The summed E-state index contributed by atoms with van der Waals surface area (Å²) in [6, 6.07) is 5.42. The van der Waals surface area contributed by atoms with Crippen LogP contribution in [-0.4, -0.2) is 28.6 Å². The molecule has 0 saturated heterocycles. The fourth-order valence-corrected chi connectivity index (χ4v) is 2.74. The zero-order valence-electron chi connectivity index (χ0n) is 9.87. The van der Waals surface area contributed by atoms with Crippen LogP contribution < -0.4 is 10.0 Å². The summed E-state index contributed by atoms with van der Waals surface area (Å²) in [5, 5.41) is 2.89. The van der Waals surface area contributed by atoms with Gasteiger partial charge in [0.25, 0.3) is 0 Å². The van der Waals surface area contributed by atoms with Crippen LogP contribution in [-0.2, 0) is 10.0 Å². The molecule has 2 N–H and O–H groups in total. The summed E-state index contributed by atoms with van der Waals surface area (Å²) in [5.41, 5.74) is 1.71. The lowest BCUT2D eigenvalue weighted by Crippen LogP contribution is -2.30. The molecule has 0 bridgehead atoms. The Labute approximate surface area is 97.1 Å². The summed E-state index contributed by atoms with van der Waals surface area (Å²) >= 11 is 0. The van der Waals surface area contributed by atoms with Crippen LogP contribution in [0.5, 0.6) is 0 Å². The molecule has 0 spiro atoms. The predicted octanol–water partition coefficient (Wildman–Crippen LogP) is 0.801. The molecule has 0 saturated carbocycles. The van der Waals surface area contributed by atoms with Gasteiger partial charge in [-0.2, -0.15) is 0 Å². The smallest absolute Gasteiger partial charge is 0.240 e. The summed E-state index contributed by atoms with van der Waals surface area (Å²) < 4.78 is 26.4. The molecule has 4 nitrogen and oxygen atoms in total. The molecule has 1 aromatic rings. The molecule has 0 heterocycles. The van der Waals surface area contributed by atoms with E-state index < -0.39 is 10.0 Å². The van der Waals surface area contributed by atoms with Gasteiger partial charge in [-0.1, -0.05) is 12.1 Å². The first-order valence-electron chi connectivity index (χ1n) is 5.19. The van der Waals surface area contributed by atoms with E-state index in [2.05, 4.69) is 10.0 Å². The van der Waals surface area contributed by atoms with Gasteiger partial charge in [0.1, 0.15) is 0 Å². The molecule has 16 heavy (non-hydrogen) atoms. The van der Waals surface area contributed by atoms with Crippen molar-refractivity contribution in [1.82, 2.24) is 10.0 Å². The summed E-state index contributed by atoms with van der Waals surface area (Å²) in [4.78, 5) is 0.364. The Morgan fingerprint density at radius 3 is 2.50 bits per heavy atom. The van der Waals surface area contributed by atoms with Crippen LogP contribution in [0.3, 0.4) is 0 Å². The van der Waals surface area contributed by atoms with Crippen molar-refractivity contribution in [3.8, 4) is 0 Å². The third kappa shape index (κ3) is 3.30. The van der Waals surface area contributed by atoms with Gasteiger partial charge in [-0.3, -0.25) is 0 Å². The second-order valence-electron chi connectivity index (χ2n) is 3.77. The van der Waals surface area contributed by atoms with Crippen molar-refractivity contribution in [2.45, 2.75) is 18.7 Å². The van der Waals surface area contributed by atoms with Crippen molar-refractivity contribution in [3.63, 3.8) is 0 Å². The first kappa shape index (κ1) is 13.2. The number of rotatable bonds is 5. The number of sulfonamides is 1. The quantitative estimate of drug-likeness (QED) is 0.751. The summed E-state index contributed by atoms with van der Waals surface area (Å²) in [6.45, 7) is 4.69. The highest BCUT2D eigenvalue weighted by atomic mass is 32.2. The minimum absolute atomic E-state index is 0.364. The molecule has 0 aliphatic carbocycles. The van der Waals surface area contributed by atoms with Crippen molar-refractivity contribution >= 4 is 10.0 Å². The van der Waals surface area contributed by atoms with Gasteiger partial charge in [0, 0.05) is 13.1 Å².